The summed E-state index contributed by atoms with van der Waals surface area (Å²) in [5.74, 6) is 0. The lowest BCUT2D eigenvalue weighted by molar-refractivity contribution is -0.383. The van der Waals surface area contributed by atoms with Gasteiger partial charge in [-0.2, -0.15) is 18.2 Å². The van der Waals surface area contributed by atoms with Crippen LogP contribution in [0.4, 0.5) is 24.0 Å². The molecule has 0 unspecified atom stereocenters. The molecule has 28 heavy (non-hydrogen) atoms. The van der Waals surface area contributed by atoms with Gasteiger partial charge >= 0.3 is 6.18 Å². The Kier molecular flexibility index (Phi) is 5.07. The predicted molar refractivity (Wildman–Crippen MR) is 101 cm³/mol. The van der Waals surface area contributed by atoms with E-state index in [0.717, 1.165) is 16.9 Å². The van der Waals surface area contributed by atoms with Gasteiger partial charge in [-0.3, -0.25) is 14.9 Å². The number of halogens is 3. The minimum atomic E-state index is -4.81. The molecule has 1 atom stereocenters. The molecule has 0 radical (unpaired) electrons. The van der Waals surface area contributed by atoms with Crippen molar-refractivity contribution in [2.45, 2.75) is 19.1 Å². The number of rotatable bonds is 4. The summed E-state index contributed by atoms with van der Waals surface area (Å²) in [5, 5.41) is 11.1. The highest BCUT2D eigenvalue weighted by atomic mass is 32.1. The number of hydrogen-bond acceptors (Lipinski definition) is 6. The van der Waals surface area contributed by atoms with Gasteiger partial charge in [0.2, 0.25) is 0 Å². The van der Waals surface area contributed by atoms with Crippen molar-refractivity contribution in [3.63, 3.8) is 0 Å². The van der Waals surface area contributed by atoms with E-state index >= 15 is 0 Å². The molecule has 0 aliphatic carbocycles. The zero-order valence-electron chi connectivity index (χ0n) is 14.7. The second-order valence-electron chi connectivity index (χ2n) is 6.13. The maximum absolute atomic E-state index is 13.0. The second kappa shape index (κ2) is 7.19. The van der Waals surface area contributed by atoms with Crippen LogP contribution in [-0.2, 0) is 6.18 Å². The number of non-ortho nitro benzene ring substituents is 1. The van der Waals surface area contributed by atoms with Crippen LogP contribution in [0.5, 0.6) is 0 Å². The van der Waals surface area contributed by atoms with E-state index < -0.39 is 33.3 Å². The molecule has 0 saturated carbocycles. The van der Waals surface area contributed by atoms with Crippen molar-refractivity contribution in [3.8, 4) is 0 Å². The highest BCUT2D eigenvalue weighted by molar-refractivity contribution is 7.22. The largest absolute Gasteiger partial charge is 0.416 e. The molecule has 1 aromatic heterocycles. The van der Waals surface area contributed by atoms with Crippen LogP contribution in [0.15, 0.2) is 47.3 Å². The summed E-state index contributed by atoms with van der Waals surface area (Å²) in [5.41, 5.74) is -2.04. The zero-order valence-corrected chi connectivity index (χ0v) is 15.5. The molecule has 10 heteroatoms. The first-order valence-corrected chi connectivity index (χ1v) is 8.89. The normalized spacial score (nSPS) is 12.8. The van der Waals surface area contributed by atoms with Crippen molar-refractivity contribution in [1.29, 1.82) is 0 Å². The smallest absolute Gasteiger partial charge is 0.344 e. The fourth-order valence-electron chi connectivity index (χ4n) is 2.71. The molecule has 3 rings (SSSR count). The first-order valence-electron chi connectivity index (χ1n) is 8.08. The van der Waals surface area contributed by atoms with E-state index in [2.05, 4.69) is 4.98 Å². The van der Waals surface area contributed by atoms with Crippen LogP contribution in [0.1, 0.15) is 24.1 Å². The molecule has 0 spiro atoms. The number of alkyl halides is 3. The van der Waals surface area contributed by atoms with Crippen molar-refractivity contribution in [2.24, 2.45) is 0 Å². The third kappa shape index (κ3) is 3.68. The minimum Gasteiger partial charge on any atom is -0.344 e. The molecule has 0 aliphatic heterocycles. The van der Waals surface area contributed by atoms with E-state index in [0.29, 0.717) is 12.1 Å². The van der Waals surface area contributed by atoms with Crippen LogP contribution >= 0.6 is 11.3 Å². The average molecular weight is 409 g/mol. The first-order chi connectivity index (χ1) is 13.1. The average Bonchev–Trinajstić information content (AvgIpc) is 2.65. The monoisotopic (exact) mass is 409 g/mol. The van der Waals surface area contributed by atoms with Crippen molar-refractivity contribution in [1.82, 2.24) is 4.98 Å². The first kappa shape index (κ1) is 19.7. The van der Waals surface area contributed by atoms with E-state index in [-0.39, 0.29) is 15.9 Å². The molecular weight excluding hydrogens is 395 g/mol. The zero-order chi connectivity index (χ0) is 20.6. The Morgan fingerprint density at radius 3 is 2.43 bits per heavy atom. The van der Waals surface area contributed by atoms with Gasteiger partial charge in [-0.1, -0.05) is 41.7 Å². The number of nitro groups is 1. The number of nitro benzene ring substituents is 1. The van der Waals surface area contributed by atoms with E-state index in [9.17, 15) is 28.1 Å². The van der Waals surface area contributed by atoms with Gasteiger partial charge in [0.1, 0.15) is 4.70 Å². The van der Waals surface area contributed by atoms with Crippen LogP contribution in [-0.4, -0.2) is 17.0 Å². The fourth-order valence-corrected chi connectivity index (χ4v) is 3.82. The summed E-state index contributed by atoms with van der Waals surface area (Å²) in [6.45, 7) is 1.86. The lowest BCUT2D eigenvalue weighted by atomic mass is 10.1. The standard InChI is InChI=1S/C18H14F3N3O3S/c1-10(11-6-4-3-5-7-11)23(2)17-22-16(25)13-8-12(18(19,20)21)9-14(24(26)27)15(13)28-17/h3-10H,1-2H3/t10-/m1/s1. The maximum atomic E-state index is 13.0. The van der Waals surface area contributed by atoms with E-state index in [1.807, 2.05) is 37.3 Å². The Bertz CT molecular complexity index is 1100. The van der Waals surface area contributed by atoms with Gasteiger partial charge in [0.25, 0.3) is 11.2 Å². The van der Waals surface area contributed by atoms with Crippen LogP contribution in [0, 0.1) is 10.1 Å². The second-order valence-corrected chi connectivity index (χ2v) is 7.10. The quantitative estimate of drug-likeness (QED) is 0.458. The molecule has 0 aliphatic rings. The van der Waals surface area contributed by atoms with E-state index in [1.54, 1.807) is 11.9 Å². The number of nitrogens with zero attached hydrogens (tertiary/aromatic N) is 3. The minimum absolute atomic E-state index is 0.139. The number of hydrogen-bond donors (Lipinski definition) is 0. The SMILES string of the molecule is C[C@H](c1ccccc1)N(C)c1nc(=O)c2cc(C(F)(F)F)cc([N+](=O)[O-])c2s1. The number of fused-ring (bicyclic) bond motifs is 1. The topological polar surface area (TPSA) is 76.3 Å². The van der Waals surface area contributed by atoms with Crippen molar-refractivity contribution < 1.29 is 18.1 Å². The summed E-state index contributed by atoms with van der Waals surface area (Å²) in [6.07, 6.45) is -4.81. The third-order valence-electron chi connectivity index (χ3n) is 4.38. The Labute approximate surface area is 161 Å². The van der Waals surface area contributed by atoms with Crippen LogP contribution in [0.2, 0.25) is 0 Å². The number of anilines is 1. The van der Waals surface area contributed by atoms with Crippen LogP contribution in [0.3, 0.4) is 0 Å². The van der Waals surface area contributed by atoms with Gasteiger partial charge < -0.3 is 4.90 Å². The summed E-state index contributed by atoms with van der Waals surface area (Å²) in [6, 6.07) is 10.1. The molecular formula is C18H14F3N3O3S. The van der Waals surface area contributed by atoms with Crippen molar-refractivity contribution in [2.75, 3.05) is 11.9 Å². The Balaban J connectivity index is 2.18. The molecule has 0 N–H and O–H groups in total. The van der Waals surface area contributed by atoms with Gasteiger partial charge in [-0.15, -0.1) is 0 Å². The van der Waals surface area contributed by atoms with Gasteiger partial charge in [0.05, 0.1) is 21.9 Å². The molecule has 0 saturated heterocycles. The maximum Gasteiger partial charge on any atom is 0.416 e. The van der Waals surface area contributed by atoms with Gasteiger partial charge in [0, 0.05) is 13.1 Å². The Hall–Kier alpha value is -3.01. The van der Waals surface area contributed by atoms with Gasteiger partial charge in [-0.05, 0) is 18.6 Å². The molecule has 0 fully saturated rings. The molecule has 2 aromatic carbocycles. The van der Waals surface area contributed by atoms with Crippen LogP contribution in [0.25, 0.3) is 10.1 Å². The summed E-state index contributed by atoms with van der Waals surface area (Å²) >= 11 is 0.812. The molecule has 146 valence electrons. The molecule has 3 aromatic rings. The van der Waals surface area contributed by atoms with Crippen LogP contribution < -0.4 is 10.5 Å². The number of aromatic nitrogens is 1. The van der Waals surface area contributed by atoms with Gasteiger partial charge in [-0.25, -0.2) is 0 Å². The molecule has 0 bridgehead atoms. The van der Waals surface area contributed by atoms with E-state index in [4.69, 9.17) is 0 Å². The summed E-state index contributed by atoms with van der Waals surface area (Å²) < 4.78 is 39.0. The number of benzene rings is 2. The van der Waals surface area contributed by atoms with Crippen molar-refractivity contribution >= 4 is 32.2 Å². The summed E-state index contributed by atoms with van der Waals surface area (Å²) in [4.78, 5) is 28.4. The summed E-state index contributed by atoms with van der Waals surface area (Å²) in [7, 11) is 1.66. The lowest BCUT2D eigenvalue weighted by Crippen LogP contribution is -2.24. The molecule has 0 amide bonds. The Morgan fingerprint density at radius 1 is 1.21 bits per heavy atom. The fraction of sp³-hybridized carbons (Fsp3) is 0.222. The molecule has 1 heterocycles. The predicted octanol–water partition coefficient (Wildman–Crippen LogP) is 4.78. The highest BCUT2D eigenvalue weighted by Crippen LogP contribution is 2.39. The molecule has 6 nitrogen and oxygen atoms in total. The Morgan fingerprint density at radius 2 is 1.86 bits per heavy atom. The van der Waals surface area contributed by atoms with E-state index in [1.165, 1.54) is 0 Å². The third-order valence-corrected chi connectivity index (χ3v) is 5.57. The lowest BCUT2D eigenvalue weighted by Gasteiger charge is -2.25. The highest BCUT2D eigenvalue weighted by Gasteiger charge is 2.34. The van der Waals surface area contributed by atoms with Crippen molar-refractivity contribution in [3.05, 3.63) is 74.1 Å². The van der Waals surface area contributed by atoms with Gasteiger partial charge in [0.15, 0.2) is 5.13 Å².